The van der Waals surface area contributed by atoms with Crippen molar-refractivity contribution in [3.8, 4) is 0 Å². The van der Waals surface area contributed by atoms with Gasteiger partial charge in [0, 0.05) is 0 Å². The molecule has 0 radical (unpaired) electrons. The molecule has 0 nitrogen and oxygen atoms in total. The molecule has 0 aliphatic carbocycles. The Hall–Kier alpha value is 0.553. The van der Waals surface area contributed by atoms with Gasteiger partial charge in [-0.3, -0.25) is 0 Å². The molecule has 0 fully saturated rings. The number of rotatable bonds is 1. The predicted molar refractivity (Wildman–Crippen MR) is 41.0 cm³/mol. The zero-order valence-corrected chi connectivity index (χ0v) is 11.0. The summed E-state index contributed by atoms with van der Waals surface area (Å²) in [6.45, 7) is 4.30. The maximum absolute atomic E-state index is 2.23. The number of benzene rings is 1. The number of aryl methyl sites for hydroxylation is 1. The fourth-order valence-corrected chi connectivity index (χ4v) is 1.26. The molecular weight excluding hydrogens is 270 g/mol. The van der Waals surface area contributed by atoms with Gasteiger partial charge in [0.2, 0.25) is 0 Å². The summed E-state index contributed by atoms with van der Waals surface area (Å²) in [6.07, 6.45) is 0. The van der Waals surface area contributed by atoms with Gasteiger partial charge in [-0.15, -0.1) is 0 Å². The van der Waals surface area contributed by atoms with Crippen LogP contribution < -0.4 is 24.8 Å². The van der Waals surface area contributed by atoms with Gasteiger partial charge < -0.3 is 24.8 Å². The van der Waals surface area contributed by atoms with E-state index in [2.05, 4.69) is 38.1 Å². The largest absolute Gasteiger partial charge is 1.00 e. The summed E-state index contributed by atoms with van der Waals surface area (Å²) < 4.78 is 1.47. The molecule has 3 heteroatoms. The van der Waals surface area contributed by atoms with Crippen LogP contribution in [0.5, 0.6) is 0 Å². The molecule has 1 aromatic rings. The smallest absolute Gasteiger partial charge is 1.00 e. The molecule has 64 valence electrons. The molecule has 0 bridgehead atoms. The van der Waals surface area contributed by atoms with Crippen molar-refractivity contribution in [1.29, 1.82) is 0 Å². The van der Waals surface area contributed by atoms with Crippen LogP contribution in [0, 0.1) is 6.92 Å². The van der Waals surface area contributed by atoms with Gasteiger partial charge in [-0.1, -0.05) is 0 Å². The van der Waals surface area contributed by atoms with Crippen molar-refractivity contribution < 1.29 is 49.0 Å². The third kappa shape index (κ3) is 4.55. The Morgan fingerprint density at radius 1 is 1.25 bits per heavy atom. The summed E-state index contributed by atoms with van der Waals surface area (Å²) >= 11 is 1.51. The van der Waals surface area contributed by atoms with E-state index in [1.54, 1.807) is 0 Å². The zero-order chi connectivity index (χ0) is 7.56. The van der Waals surface area contributed by atoms with Gasteiger partial charge in [0.25, 0.3) is 0 Å². The fraction of sp³-hybridized carbons (Fsp3) is 0.222. The molecule has 0 heterocycles. The van der Waals surface area contributed by atoms with Gasteiger partial charge in [0.15, 0.2) is 0 Å². The average molecular weight is 280 g/mol. The second-order valence-electron chi connectivity index (χ2n) is 2.49. The Morgan fingerprint density at radius 2 is 1.83 bits per heavy atom. The summed E-state index contributed by atoms with van der Waals surface area (Å²) in [5.74, 6) is 0. The van der Waals surface area contributed by atoms with E-state index in [0.717, 1.165) is 0 Å². The summed E-state index contributed by atoms with van der Waals surface area (Å²) in [5, 5.41) is 0. The van der Waals surface area contributed by atoms with Crippen molar-refractivity contribution in [1.82, 2.24) is 0 Å². The van der Waals surface area contributed by atoms with Crippen molar-refractivity contribution in [2.45, 2.75) is 13.8 Å². The predicted octanol–water partition coefficient (Wildman–Crippen LogP) is -3.91. The molecule has 0 saturated heterocycles. The summed E-state index contributed by atoms with van der Waals surface area (Å²) in [4.78, 5) is 0. The van der Waals surface area contributed by atoms with Crippen LogP contribution >= 0.6 is 0 Å². The van der Waals surface area contributed by atoms with E-state index < -0.39 is 0 Å². The molecule has 1 aromatic carbocycles. The number of hydrogen-bond donors (Lipinski definition) is 0. The first-order chi connectivity index (χ1) is 4.70. The Kier molecular flexibility index (Phi) is 8.78. The van der Waals surface area contributed by atoms with Crippen LogP contribution in [0.15, 0.2) is 24.3 Å². The second-order valence-corrected chi connectivity index (χ2v) is 4.34. The van der Waals surface area contributed by atoms with Gasteiger partial charge in [-0.25, -0.2) is 0 Å². The van der Waals surface area contributed by atoms with Crippen molar-refractivity contribution in [2.24, 2.45) is 0 Å². The van der Waals surface area contributed by atoms with Crippen LogP contribution in [-0.2, 0) is 24.2 Å². The molecular formula is C9H10Cl2Zr. The van der Waals surface area contributed by atoms with Crippen LogP contribution in [0.2, 0.25) is 0 Å². The van der Waals surface area contributed by atoms with Crippen LogP contribution in [-0.4, -0.2) is 3.21 Å². The quantitative estimate of drug-likeness (QED) is 0.493. The van der Waals surface area contributed by atoms with E-state index in [-0.39, 0.29) is 24.8 Å². The van der Waals surface area contributed by atoms with Crippen LogP contribution in [0.3, 0.4) is 0 Å². The van der Waals surface area contributed by atoms with Crippen molar-refractivity contribution in [3.63, 3.8) is 0 Å². The maximum atomic E-state index is 2.23. The Morgan fingerprint density at radius 3 is 2.17 bits per heavy atom. The standard InChI is InChI=1S/C9H10.2ClH.Zr/c1-3-9-6-4-5-8(2)7-9;;;/h4-7H,1-2H3;2*1H;/q;;;+2/p-2. The van der Waals surface area contributed by atoms with Gasteiger partial charge in [-0.05, 0) is 0 Å². The number of halogens is 2. The van der Waals surface area contributed by atoms with Crippen molar-refractivity contribution in [3.05, 3.63) is 35.4 Å². The normalized spacial score (nSPS) is 8.00. The van der Waals surface area contributed by atoms with E-state index in [1.165, 1.54) is 38.6 Å². The molecule has 0 aliphatic heterocycles. The van der Waals surface area contributed by atoms with Crippen LogP contribution in [0.4, 0.5) is 0 Å². The zero-order valence-electron chi connectivity index (χ0n) is 7.07. The minimum absolute atomic E-state index is 0. The van der Waals surface area contributed by atoms with E-state index in [1.807, 2.05) is 0 Å². The Labute approximate surface area is 101 Å². The second kappa shape index (κ2) is 7.00. The third-order valence-corrected chi connectivity index (χ3v) is 2.16. The Bertz CT molecular complexity index is 258. The molecule has 0 N–H and O–H groups in total. The minimum atomic E-state index is 0. The van der Waals surface area contributed by atoms with E-state index >= 15 is 0 Å². The van der Waals surface area contributed by atoms with E-state index in [9.17, 15) is 0 Å². The first-order valence-electron chi connectivity index (χ1n) is 3.32. The first-order valence-corrected chi connectivity index (χ1v) is 4.55. The van der Waals surface area contributed by atoms with Crippen molar-refractivity contribution in [2.75, 3.05) is 0 Å². The molecule has 12 heavy (non-hydrogen) atoms. The van der Waals surface area contributed by atoms with E-state index in [0.29, 0.717) is 0 Å². The number of hydrogen-bond acceptors (Lipinski definition) is 0. The SMILES string of the molecule is C[C](=[Zr+2])c1cccc(C)c1.[Cl-].[Cl-]. The summed E-state index contributed by atoms with van der Waals surface area (Å²) in [7, 11) is 0. The Balaban J connectivity index is 0. The summed E-state index contributed by atoms with van der Waals surface area (Å²) in [5.41, 5.74) is 2.73. The minimum Gasteiger partial charge on any atom is -1.00 e. The molecule has 0 aromatic heterocycles. The first kappa shape index (κ1) is 15.0. The van der Waals surface area contributed by atoms with Crippen molar-refractivity contribution >= 4 is 3.21 Å². The van der Waals surface area contributed by atoms with Gasteiger partial charge in [0.1, 0.15) is 0 Å². The molecule has 0 saturated carbocycles. The molecule has 0 atom stereocenters. The van der Waals surface area contributed by atoms with Gasteiger partial charge in [-0.2, -0.15) is 0 Å². The fourth-order valence-electron chi connectivity index (χ4n) is 0.878. The van der Waals surface area contributed by atoms with Crippen LogP contribution in [0.1, 0.15) is 18.1 Å². The van der Waals surface area contributed by atoms with Gasteiger partial charge >= 0.3 is 76.7 Å². The maximum Gasteiger partial charge on any atom is -1.00 e. The monoisotopic (exact) mass is 278 g/mol. The molecule has 0 aliphatic rings. The summed E-state index contributed by atoms with van der Waals surface area (Å²) in [6, 6.07) is 8.63. The molecule has 1 rings (SSSR count). The molecule has 0 amide bonds. The topological polar surface area (TPSA) is 0 Å². The third-order valence-electron chi connectivity index (χ3n) is 1.45. The molecule has 0 unspecified atom stereocenters. The van der Waals surface area contributed by atoms with E-state index in [4.69, 9.17) is 0 Å². The average Bonchev–Trinajstić information content (AvgIpc) is 1.88. The molecule has 0 spiro atoms. The van der Waals surface area contributed by atoms with Crippen LogP contribution in [0.25, 0.3) is 0 Å². The van der Waals surface area contributed by atoms with Gasteiger partial charge in [0.05, 0.1) is 0 Å².